The quantitative estimate of drug-likeness (QED) is 0.265. The SMILES string of the molecule is N=c1cc(N)ncn1O.O=S(=O)(O)O. The van der Waals surface area contributed by atoms with Crippen LogP contribution in [0.15, 0.2) is 12.4 Å². The van der Waals surface area contributed by atoms with Gasteiger partial charge in [0.1, 0.15) is 12.1 Å². The van der Waals surface area contributed by atoms with E-state index in [4.69, 9.17) is 33.9 Å². The summed E-state index contributed by atoms with van der Waals surface area (Å²) in [5.74, 6) is 0.227. The zero-order valence-corrected chi connectivity index (χ0v) is 7.51. The zero-order valence-electron chi connectivity index (χ0n) is 6.69. The Kier molecular flexibility index (Phi) is 4.01. The van der Waals surface area contributed by atoms with Crippen LogP contribution in [-0.4, -0.2) is 32.4 Å². The van der Waals surface area contributed by atoms with Crippen molar-refractivity contribution >= 4 is 16.2 Å². The maximum Gasteiger partial charge on any atom is 0.394 e. The van der Waals surface area contributed by atoms with E-state index in [1.54, 1.807) is 0 Å². The van der Waals surface area contributed by atoms with Gasteiger partial charge in [-0.15, -0.1) is 0 Å². The van der Waals surface area contributed by atoms with Crippen molar-refractivity contribution in [1.29, 1.82) is 5.41 Å². The fourth-order valence-corrected chi connectivity index (χ4v) is 0.427. The van der Waals surface area contributed by atoms with Crippen LogP contribution in [0.4, 0.5) is 5.82 Å². The lowest BCUT2D eigenvalue weighted by Crippen LogP contribution is -2.17. The third-order valence-corrected chi connectivity index (χ3v) is 0.848. The number of hydrogen-bond acceptors (Lipinski definition) is 6. The van der Waals surface area contributed by atoms with E-state index in [0.29, 0.717) is 4.73 Å². The van der Waals surface area contributed by atoms with Gasteiger partial charge in [-0.05, 0) is 0 Å². The number of hydrogen-bond donors (Lipinski definition) is 5. The minimum absolute atomic E-state index is 0.0810. The number of aromatic nitrogens is 2. The molecule has 0 aliphatic heterocycles. The van der Waals surface area contributed by atoms with Crippen molar-refractivity contribution in [2.45, 2.75) is 0 Å². The molecule has 0 saturated heterocycles. The molecule has 0 saturated carbocycles. The summed E-state index contributed by atoms with van der Waals surface area (Å²) >= 11 is 0. The molecule has 9 nitrogen and oxygen atoms in total. The minimum atomic E-state index is -4.67. The summed E-state index contributed by atoms with van der Waals surface area (Å²) in [6.07, 6.45) is 1.07. The third-order valence-electron chi connectivity index (χ3n) is 0.848. The van der Waals surface area contributed by atoms with E-state index >= 15 is 0 Å². The van der Waals surface area contributed by atoms with Crippen molar-refractivity contribution in [1.82, 2.24) is 9.71 Å². The van der Waals surface area contributed by atoms with E-state index < -0.39 is 10.4 Å². The highest BCUT2D eigenvalue weighted by Gasteiger charge is 1.87. The molecule has 1 aromatic rings. The maximum absolute atomic E-state index is 8.74. The highest BCUT2D eigenvalue weighted by Crippen LogP contribution is 1.83. The van der Waals surface area contributed by atoms with Crippen molar-refractivity contribution in [2.24, 2.45) is 0 Å². The Balaban J connectivity index is 0.000000292. The summed E-state index contributed by atoms with van der Waals surface area (Å²) in [6, 6.07) is 1.25. The summed E-state index contributed by atoms with van der Waals surface area (Å²) in [5, 5.41) is 15.6. The lowest BCUT2D eigenvalue weighted by atomic mass is 10.6. The Morgan fingerprint density at radius 2 is 1.93 bits per heavy atom. The zero-order chi connectivity index (χ0) is 11.4. The van der Waals surface area contributed by atoms with Crippen LogP contribution in [-0.2, 0) is 10.4 Å². The molecule has 0 bridgehead atoms. The highest BCUT2D eigenvalue weighted by molar-refractivity contribution is 7.79. The molecule has 0 amide bonds. The molecule has 0 atom stereocenters. The molecule has 0 aliphatic rings. The molecule has 0 aromatic carbocycles. The van der Waals surface area contributed by atoms with Crippen molar-refractivity contribution < 1.29 is 22.7 Å². The van der Waals surface area contributed by atoms with E-state index in [1.807, 2.05) is 0 Å². The molecule has 0 radical (unpaired) electrons. The van der Waals surface area contributed by atoms with E-state index in [2.05, 4.69) is 4.98 Å². The van der Waals surface area contributed by atoms with Gasteiger partial charge in [0, 0.05) is 6.07 Å². The highest BCUT2D eigenvalue weighted by atomic mass is 32.3. The summed E-state index contributed by atoms with van der Waals surface area (Å²) < 4.78 is 32.2. The average Bonchev–Trinajstić information content (AvgIpc) is 1.94. The Morgan fingerprint density at radius 3 is 2.21 bits per heavy atom. The number of anilines is 1. The van der Waals surface area contributed by atoms with Gasteiger partial charge in [0.25, 0.3) is 0 Å². The van der Waals surface area contributed by atoms with Gasteiger partial charge in [-0.2, -0.15) is 13.1 Å². The molecular formula is C4H8N4O5S. The van der Waals surface area contributed by atoms with Crippen LogP contribution in [0.2, 0.25) is 0 Å². The molecule has 0 aliphatic carbocycles. The molecule has 1 aromatic heterocycles. The molecule has 0 unspecified atom stereocenters. The summed E-state index contributed by atoms with van der Waals surface area (Å²) in [4.78, 5) is 3.51. The maximum atomic E-state index is 8.74. The third kappa shape index (κ3) is 7.02. The molecule has 6 N–H and O–H groups in total. The molecule has 80 valence electrons. The molecule has 0 spiro atoms. The Morgan fingerprint density at radius 1 is 1.50 bits per heavy atom. The Bertz CT molecular complexity index is 443. The van der Waals surface area contributed by atoms with Crippen molar-refractivity contribution in [2.75, 3.05) is 5.73 Å². The van der Waals surface area contributed by atoms with Gasteiger partial charge in [0.05, 0.1) is 0 Å². The van der Waals surface area contributed by atoms with E-state index in [0.717, 1.165) is 6.33 Å². The Hall–Kier alpha value is -1.65. The lowest BCUT2D eigenvalue weighted by Gasteiger charge is -1.94. The molecule has 0 fully saturated rings. The molecule has 1 heterocycles. The Labute approximate surface area is 78.5 Å². The van der Waals surface area contributed by atoms with Gasteiger partial charge in [0.2, 0.25) is 0 Å². The minimum Gasteiger partial charge on any atom is -0.425 e. The fourth-order valence-electron chi connectivity index (χ4n) is 0.427. The van der Waals surface area contributed by atoms with E-state index in [1.165, 1.54) is 6.07 Å². The first-order valence-corrected chi connectivity index (χ1v) is 4.38. The molecule has 10 heteroatoms. The molecule has 14 heavy (non-hydrogen) atoms. The summed E-state index contributed by atoms with van der Waals surface area (Å²) in [6.45, 7) is 0. The smallest absolute Gasteiger partial charge is 0.394 e. The van der Waals surface area contributed by atoms with Gasteiger partial charge in [-0.1, -0.05) is 0 Å². The normalized spacial score (nSPS) is 10.1. The molecule has 1 rings (SSSR count). The van der Waals surface area contributed by atoms with Gasteiger partial charge in [-0.25, -0.2) is 4.98 Å². The largest absolute Gasteiger partial charge is 0.425 e. The number of nitrogen functional groups attached to an aromatic ring is 1. The van der Waals surface area contributed by atoms with Gasteiger partial charge >= 0.3 is 10.4 Å². The van der Waals surface area contributed by atoms with Crippen LogP contribution in [0, 0.1) is 5.41 Å². The average molecular weight is 224 g/mol. The first-order chi connectivity index (χ1) is 6.20. The summed E-state index contributed by atoms with van der Waals surface area (Å²) in [7, 11) is -4.67. The first-order valence-electron chi connectivity index (χ1n) is 2.98. The summed E-state index contributed by atoms with van der Waals surface area (Å²) in [5.41, 5.74) is 5.09. The lowest BCUT2D eigenvalue weighted by molar-refractivity contribution is 0.167. The molecular weight excluding hydrogens is 216 g/mol. The number of nitrogens with two attached hydrogens (primary N) is 1. The van der Waals surface area contributed by atoms with Crippen LogP contribution in [0.1, 0.15) is 0 Å². The second-order valence-corrected chi connectivity index (χ2v) is 2.89. The predicted molar refractivity (Wildman–Crippen MR) is 43.9 cm³/mol. The predicted octanol–water partition coefficient (Wildman–Crippen LogP) is -1.47. The van der Waals surface area contributed by atoms with Crippen molar-refractivity contribution in [3.05, 3.63) is 17.9 Å². The second kappa shape index (κ2) is 4.55. The van der Waals surface area contributed by atoms with Crippen molar-refractivity contribution in [3.8, 4) is 0 Å². The van der Waals surface area contributed by atoms with Gasteiger partial charge in [0.15, 0.2) is 5.49 Å². The van der Waals surface area contributed by atoms with E-state index in [-0.39, 0.29) is 11.3 Å². The van der Waals surface area contributed by atoms with E-state index in [9.17, 15) is 0 Å². The number of nitrogens with one attached hydrogen (secondary N) is 1. The monoisotopic (exact) mass is 224 g/mol. The number of nitrogens with zero attached hydrogens (tertiary/aromatic N) is 2. The van der Waals surface area contributed by atoms with Crippen LogP contribution in [0.25, 0.3) is 0 Å². The van der Waals surface area contributed by atoms with Crippen LogP contribution < -0.4 is 11.2 Å². The van der Waals surface area contributed by atoms with Crippen molar-refractivity contribution in [3.63, 3.8) is 0 Å². The van der Waals surface area contributed by atoms with Gasteiger partial charge in [-0.3, -0.25) is 14.5 Å². The van der Waals surface area contributed by atoms with Crippen LogP contribution in [0.3, 0.4) is 0 Å². The second-order valence-electron chi connectivity index (χ2n) is 1.99. The topological polar surface area (TPSA) is 163 Å². The first kappa shape index (κ1) is 12.3. The van der Waals surface area contributed by atoms with Gasteiger partial charge < -0.3 is 10.9 Å². The standard InChI is InChI=1S/C4H6N4O.H2O4S/c5-3-1-4(6)8(9)2-7-3;1-5(2,3)4/h1-2,6,9H,5H2;(H2,1,2,3,4). The van der Waals surface area contributed by atoms with Crippen LogP contribution >= 0.6 is 0 Å². The number of rotatable bonds is 0. The fraction of sp³-hybridized carbons (Fsp3) is 0. The van der Waals surface area contributed by atoms with Crippen LogP contribution in [0.5, 0.6) is 0 Å².